The molecular formula is C19H24ClF3N4. The molecule has 0 spiro atoms. The van der Waals surface area contributed by atoms with Gasteiger partial charge in [0.25, 0.3) is 0 Å². The van der Waals surface area contributed by atoms with E-state index < -0.39 is 11.7 Å². The molecule has 1 aromatic carbocycles. The number of pyridine rings is 1. The molecule has 1 aliphatic rings. The van der Waals surface area contributed by atoms with Crippen LogP contribution in [0.5, 0.6) is 0 Å². The van der Waals surface area contributed by atoms with Crippen LogP contribution in [-0.4, -0.2) is 43.1 Å². The number of piperazine rings is 1. The first-order valence-electron chi connectivity index (χ1n) is 8.68. The van der Waals surface area contributed by atoms with Crippen LogP contribution in [0, 0.1) is 0 Å². The molecule has 0 saturated carbocycles. The fourth-order valence-corrected chi connectivity index (χ4v) is 3.07. The zero-order valence-corrected chi connectivity index (χ0v) is 16.0. The largest absolute Gasteiger partial charge is 0.416 e. The fraction of sp³-hybridized carbons (Fsp3) is 0.421. The Morgan fingerprint density at radius 3 is 2.48 bits per heavy atom. The number of anilines is 1. The normalized spacial score (nSPS) is 15.5. The highest BCUT2D eigenvalue weighted by molar-refractivity contribution is 5.85. The Labute approximate surface area is 163 Å². The number of benzene rings is 1. The Kier molecular flexibility index (Phi) is 7.47. The number of hydrogen-bond donors (Lipinski definition) is 1. The van der Waals surface area contributed by atoms with Gasteiger partial charge in [-0.15, -0.1) is 12.4 Å². The van der Waals surface area contributed by atoms with Crippen molar-refractivity contribution in [2.24, 2.45) is 0 Å². The monoisotopic (exact) mass is 400 g/mol. The number of halogens is 4. The summed E-state index contributed by atoms with van der Waals surface area (Å²) in [6.45, 7) is 4.77. The molecule has 0 bridgehead atoms. The van der Waals surface area contributed by atoms with Gasteiger partial charge in [0.2, 0.25) is 0 Å². The van der Waals surface area contributed by atoms with Crippen molar-refractivity contribution in [3.8, 4) is 0 Å². The van der Waals surface area contributed by atoms with Crippen LogP contribution in [-0.2, 0) is 19.3 Å². The van der Waals surface area contributed by atoms with E-state index in [0.717, 1.165) is 43.6 Å². The lowest BCUT2D eigenvalue weighted by Crippen LogP contribution is -2.45. The van der Waals surface area contributed by atoms with Gasteiger partial charge in [0.05, 0.1) is 5.56 Å². The van der Waals surface area contributed by atoms with E-state index >= 15 is 0 Å². The van der Waals surface area contributed by atoms with E-state index in [4.69, 9.17) is 0 Å². The first-order chi connectivity index (χ1) is 12.4. The van der Waals surface area contributed by atoms with Gasteiger partial charge in [-0.1, -0.05) is 24.3 Å². The number of hydrogen-bond acceptors (Lipinski definition) is 4. The maximum absolute atomic E-state index is 12.8. The fourth-order valence-electron chi connectivity index (χ4n) is 3.07. The lowest BCUT2D eigenvalue weighted by molar-refractivity contribution is -0.137. The number of alkyl halides is 3. The van der Waals surface area contributed by atoms with Crippen molar-refractivity contribution < 1.29 is 13.2 Å². The minimum Gasteiger partial charge on any atom is -0.354 e. The molecule has 1 aromatic heterocycles. The van der Waals surface area contributed by atoms with E-state index in [1.807, 2.05) is 12.1 Å². The smallest absolute Gasteiger partial charge is 0.354 e. The third-order valence-electron chi connectivity index (χ3n) is 4.57. The van der Waals surface area contributed by atoms with Crippen molar-refractivity contribution in [1.82, 2.24) is 15.2 Å². The number of rotatable bonds is 5. The summed E-state index contributed by atoms with van der Waals surface area (Å²) in [4.78, 5) is 9.07. The van der Waals surface area contributed by atoms with Gasteiger partial charge >= 0.3 is 6.18 Å². The molecule has 1 N–H and O–H groups in total. The second-order valence-electron chi connectivity index (χ2n) is 6.58. The van der Waals surface area contributed by atoms with E-state index in [2.05, 4.69) is 27.1 Å². The predicted octanol–water partition coefficient (Wildman–Crippen LogP) is 3.56. The molecule has 3 rings (SSSR count). The topological polar surface area (TPSA) is 31.4 Å². The molecule has 0 atom stereocenters. The first kappa shape index (κ1) is 21.5. The molecule has 148 valence electrons. The molecule has 0 radical (unpaired) electrons. The van der Waals surface area contributed by atoms with Crippen molar-refractivity contribution in [1.29, 1.82) is 0 Å². The van der Waals surface area contributed by atoms with Crippen molar-refractivity contribution in [3.05, 3.63) is 59.3 Å². The van der Waals surface area contributed by atoms with E-state index in [1.165, 1.54) is 12.1 Å². The minimum absolute atomic E-state index is 0. The van der Waals surface area contributed by atoms with Gasteiger partial charge in [0, 0.05) is 51.0 Å². The number of nitrogens with zero attached hydrogens (tertiary/aromatic N) is 3. The summed E-state index contributed by atoms with van der Waals surface area (Å²) in [5.74, 6) is 0.956. The second-order valence-corrected chi connectivity index (χ2v) is 6.58. The van der Waals surface area contributed by atoms with Gasteiger partial charge in [-0.05, 0) is 24.7 Å². The summed E-state index contributed by atoms with van der Waals surface area (Å²) in [7, 11) is 2.10. The quantitative estimate of drug-likeness (QED) is 0.831. The molecule has 8 heteroatoms. The van der Waals surface area contributed by atoms with Crippen molar-refractivity contribution in [2.45, 2.75) is 19.3 Å². The first-order valence-corrected chi connectivity index (χ1v) is 8.68. The lowest BCUT2D eigenvalue weighted by Gasteiger charge is -2.34. The van der Waals surface area contributed by atoms with Crippen molar-refractivity contribution >= 4 is 18.2 Å². The van der Waals surface area contributed by atoms with Crippen LogP contribution in [0.1, 0.15) is 16.7 Å². The van der Waals surface area contributed by atoms with Gasteiger partial charge < -0.3 is 15.1 Å². The summed E-state index contributed by atoms with van der Waals surface area (Å²) >= 11 is 0. The van der Waals surface area contributed by atoms with Crippen LogP contribution in [0.15, 0.2) is 42.6 Å². The Bertz CT molecular complexity index is 731. The number of aromatic nitrogens is 1. The zero-order valence-electron chi connectivity index (χ0n) is 15.2. The maximum atomic E-state index is 12.8. The van der Waals surface area contributed by atoms with E-state index in [1.54, 1.807) is 12.3 Å². The van der Waals surface area contributed by atoms with Crippen LogP contribution in [0.25, 0.3) is 0 Å². The summed E-state index contributed by atoms with van der Waals surface area (Å²) in [5.41, 5.74) is 1.06. The molecule has 0 aliphatic carbocycles. The summed E-state index contributed by atoms with van der Waals surface area (Å²) in [5, 5.41) is 3.24. The summed E-state index contributed by atoms with van der Waals surface area (Å²) in [6, 6.07) is 9.33. The molecule has 4 nitrogen and oxygen atoms in total. The molecule has 27 heavy (non-hydrogen) atoms. The summed E-state index contributed by atoms with van der Waals surface area (Å²) in [6.07, 6.45) is -2.53. The standard InChI is InChI=1S/C19H23F3N4.ClH/c1-25-8-10-26(11-9-25)18-16(5-3-7-24-18)14-23-13-15-4-2-6-17(12-15)19(20,21)22;/h2-7,12,23H,8-11,13-14H2,1H3;1H. The van der Waals surface area contributed by atoms with Gasteiger partial charge in [-0.3, -0.25) is 0 Å². The molecule has 2 heterocycles. The maximum Gasteiger partial charge on any atom is 0.416 e. The molecule has 2 aromatic rings. The third-order valence-corrected chi connectivity index (χ3v) is 4.57. The highest BCUT2D eigenvalue weighted by Crippen LogP contribution is 2.29. The van der Waals surface area contributed by atoms with Gasteiger partial charge in [-0.2, -0.15) is 13.2 Å². The Balaban J connectivity index is 0.00000261. The molecule has 0 amide bonds. The van der Waals surface area contributed by atoms with Gasteiger partial charge in [-0.25, -0.2) is 4.98 Å². The molecule has 1 aliphatic heterocycles. The molecular weight excluding hydrogens is 377 g/mol. The van der Waals surface area contributed by atoms with Crippen LogP contribution < -0.4 is 10.2 Å². The zero-order chi connectivity index (χ0) is 18.6. The number of nitrogens with one attached hydrogen (secondary N) is 1. The van der Waals surface area contributed by atoms with E-state index in [0.29, 0.717) is 18.7 Å². The Morgan fingerprint density at radius 2 is 1.78 bits per heavy atom. The van der Waals surface area contributed by atoms with Gasteiger partial charge in [0.1, 0.15) is 5.82 Å². The minimum atomic E-state index is -4.31. The third kappa shape index (κ3) is 5.82. The highest BCUT2D eigenvalue weighted by Gasteiger charge is 2.30. The van der Waals surface area contributed by atoms with Gasteiger partial charge in [0.15, 0.2) is 0 Å². The average molecular weight is 401 g/mol. The van der Waals surface area contributed by atoms with Crippen LogP contribution in [0.4, 0.5) is 19.0 Å². The molecule has 1 saturated heterocycles. The average Bonchev–Trinajstić information content (AvgIpc) is 2.62. The molecule has 1 fully saturated rings. The SMILES string of the molecule is CN1CCN(c2ncccc2CNCc2cccc(C(F)(F)F)c2)CC1.Cl. The highest BCUT2D eigenvalue weighted by atomic mass is 35.5. The van der Waals surface area contributed by atoms with E-state index in [9.17, 15) is 13.2 Å². The van der Waals surface area contributed by atoms with Crippen LogP contribution in [0.2, 0.25) is 0 Å². The van der Waals surface area contributed by atoms with Crippen LogP contribution in [0.3, 0.4) is 0 Å². The second kappa shape index (κ2) is 9.39. The van der Waals surface area contributed by atoms with Crippen molar-refractivity contribution in [3.63, 3.8) is 0 Å². The predicted molar refractivity (Wildman–Crippen MR) is 103 cm³/mol. The Morgan fingerprint density at radius 1 is 1.04 bits per heavy atom. The van der Waals surface area contributed by atoms with Crippen LogP contribution >= 0.6 is 12.4 Å². The lowest BCUT2D eigenvalue weighted by atomic mass is 10.1. The number of likely N-dealkylation sites (N-methyl/N-ethyl adjacent to an activating group) is 1. The Hall–Kier alpha value is -1.83. The van der Waals surface area contributed by atoms with E-state index in [-0.39, 0.29) is 12.4 Å². The van der Waals surface area contributed by atoms with Crippen molar-refractivity contribution in [2.75, 3.05) is 38.1 Å². The molecule has 0 unspecified atom stereocenters. The summed E-state index contributed by atoms with van der Waals surface area (Å²) < 4.78 is 38.4.